The Bertz CT molecular complexity index is 598. The molecule has 0 radical (unpaired) electrons. The van der Waals surface area contributed by atoms with Crippen LogP contribution in [0.1, 0.15) is 49.4 Å². The number of carbonyl (C=O) groups excluding carboxylic acids is 2. The van der Waals surface area contributed by atoms with Gasteiger partial charge in [0, 0.05) is 25.6 Å². The Morgan fingerprint density at radius 2 is 2.00 bits per heavy atom. The highest BCUT2D eigenvalue weighted by Gasteiger charge is 2.25. The molecule has 1 heterocycles. The number of rotatable bonds is 6. The summed E-state index contributed by atoms with van der Waals surface area (Å²) in [6, 6.07) is 7.53. The largest absolute Gasteiger partial charge is 0.349 e. The molecular weight excluding hydrogens is 302 g/mol. The van der Waals surface area contributed by atoms with Gasteiger partial charge in [0.25, 0.3) is 5.91 Å². The Morgan fingerprint density at radius 3 is 2.75 bits per heavy atom. The summed E-state index contributed by atoms with van der Waals surface area (Å²) < 4.78 is 0. The first kappa shape index (κ1) is 17.0. The topological polar surface area (TPSA) is 61.4 Å². The lowest BCUT2D eigenvalue weighted by Crippen LogP contribution is -2.36. The predicted octanol–water partition coefficient (Wildman–Crippen LogP) is 2.64. The van der Waals surface area contributed by atoms with Crippen LogP contribution in [-0.2, 0) is 4.79 Å². The summed E-state index contributed by atoms with van der Waals surface area (Å²) in [4.78, 5) is 26.9. The lowest BCUT2D eigenvalue weighted by molar-refractivity contribution is -0.116. The number of nitrogens with one attached hydrogen (secondary N) is 2. The van der Waals surface area contributed by atoms with E-state index in [1.54, 1.807) is 12.1 Å². The number of benzene rings is 1. The van der Waals surface area contributed by atoms with E-state index in [0.717, 1.165) is 32.5 Å². The molecule has 1 aromatic rings. The quantitative estimate of drug-likeness (QED) is 0.843. The van der Waals surface area contributed by atoms with Crippen LogP contribution < -0.4 is 10.6 Å². The lowest BCUT2D eigenvalue weighted by atomic mass is 10.0. The zero-order chi connectivity index (χ0) is 16.9. The third kappa shape index (κ3) is 4.81. The zero-order valence-corrected chi connectivity index (χ0v) is 14.4. The molecule has 1 saturated carbocycles. The third-order valence-corrected chi connectivity index (χ3v) is 4.75. The maximum atomic E-state index is 12.3. The normalized spacial score (nSPS) is 21.3. The van der Waals surface area contributed by atoms with Gasteiger partial charge >= 0.3 is 0 Å². The Labute approximate surface area is 143 Å². The molecule has 1 aliphatic carbocycles. The van der Waals surface area contributed by atoms with Gasteiger partial charge in [-0.15, -0.1) is 0 Å². The number of para-hydroxylation sites is 1. The van der Waals surface area contributed by atoms with Crippen molar-refractivity contribution in [2.75, 3.05) is 25.0 Å². The first-order valence-electron chi connectivity index (χ1n) is 9.04. The highest BCUT2D eigenvalue weighted by atomic mass is 16.2. The van der Waals surface area contributed by atoms with Crippen molar-refractivity contribution in [3.05, 3.63) is 29.8 Å². The fourth-order valence-electron chi connectivity index (χ4n) is 3.24. The lowest BCUT2D eigenvalue weighted by Gasteiger charge is -2.30. The van der Waals surface area contributed by atoms with E-state index >= 15 is 0 Å². The van der Waals surface area contributed by atoms with Gasteiger partial charge in [0.2, 0.25) is 5.91 Å². The van der Waals surface area contributed by atoms with Gasteiger partial charge < -0.3 is 15.5 Å². The molecule has 24 heavy (non-hydrogen) atoms. The number of carbonyl (C=O) groups is 2. The maximum absolute atomic E-state index is 12.3. The minimum absolute atomic E-state index is 0.0279. The molecule has 5 heteroatoms. The highest BCUT2D eigenvalue weighted by molar-refractivity contribution is 6.03. The van der Waals surface area contributed by atoms with Crippen LogP contribution in [0.25, 0.3) is 0 Å². The fourth-order valence-corrected chi connectivity index (χ4v) is 3.24. The smallest absolute Gasteiger partial charge is 0.253 e. The summed E-state index contributed by atoms with van der Waals surface area (Å²) >= 11 is 0. The van der Waals surface area contributed by atoms with Gasteiger partial charge in [0.1, 0.15) is 0 Å². The Hall–Kier alpha value is -1.88. The Balaban J connectivity index is 1.53. The van der Waals surface area contributed by atoms with Crippen LogP contribution in [0.4, 0.5) is 5.69 Å². The van der Waals surface area contributed by atoms with E-state index in [0.29, 0.717) is 29.6 Å². The molecule has 5 nitrogen and oxygen atoms in total. The summed E-state index contributed by atoms with van der Waals surface area (Å²) in [5.41, 5.74) is 1.15. The van der Waals surface area contributed by atoms with E-state index < -0.39 is 0 Å². The average molecular weight is 329 g/mol. The van der Waals surface area contributed by atoms with E-state index in [1.165, 1.54) is 12.8 Å². The van der Waals surface area contributed by atoms with Gasteiger partial charge in [-0.1, -0.05) is 19.1 Å². The van der Waals surface area contributed by atoms with Crippen LogP contribution in [0.3, 0.4) is 0 Å². The molecule has 2 aliphatic rings. The van der Waals surface area contributed by atoms with Crippen LogP contribution in [0.2, 0.25) is 0 Å². The second-order valence-corrected chi connectivity index (χ2v) is 7.14. The number of hydrogen-bond acceptors (Lipinski definition) is 3. The number of likely N-dealkylation sites (tertiary alicyclic amines) is 1. The predicted molar refractivity (Wildman–Crippen MR) is 95.0 cm³/mol. The van der Waals surface area contributed by atoms with Crippen LogP contribution in [0.15, 0.2) is 24.3 Å². The summed E-state index contributed by atoms with van der Waals surface area (Å²) in [6.45, 7) is 5.21. The van der Waals surface area contributed by atoms with Crippen LogP contribution in [0.5, 0.6) is 0 Å². The highest BCUT2D eigenvalue weighted by Crippen LogP contribution is 2.22. The van der Waals surface area contributed by atoms with Crippen LogP contribution >= 0.6 is 0 Å². The first-order chi connectivity index (χ1) is 11.6. The summed E-state index contributed by atoms with van der Waals surface area (Å²) in [5.74, 6) is 0.590. The van der Waals surface area contributed by atoms with Crippen molar-refractivity contribution < 1.29 is 9.59 Å². The molecule has 1 unspecified atom stereocenters. The van der Waals surface area contributed by atoms with Gasteiger partial charge in [-0.2, -0.15) is 0 Å². The number of amides is 2. The van der Waals surface area contributed by atoms with Gasteiger partial charge in [-0.25, -0.2) is 0 Å². The minimum Gasteiger partial charge on any atom is -0.349 e. The number of anilines is 1. The molecule has 1 aromatic carbocycles. The number of hydrogen-bond donors (Lipinski definition) is 2. The van der Waals surface area contributed by atoms with E-state index in [-0.39, 0.29) is 11.8 Å². The first-order valence-corrected chi connectivity index (χ1v) is 9.04. The molecule has 1 saturated heterocycles. The SMILES string of the molecule is CC1CCCN(CCC(=O)Nc2ccccc2C(=O)NC2CC2)C1. The summed E-state index contributed by atoms with van der Waals surface area (Å²) in [6.07, 6.45) is 5.06. The van der Waals surface area contributed by atoms with Crippen molar-refractivity contribution in [3.8, 4) is 0 Å². The van der Waals surface area contributed by atoms with Crippen LogP contribution in [0, 0.1) is 5.92 Å². The second kappa shape index (κ2) is 7.79. The van der Waals surface area contributed by atoms with Crippen molar-refractivity contribution >= 4 is 17.5 Å². The van der Waals surface area contributed by atoms with Crippen molar-refractivity contribution in [2.45, 2.75) is 45.1 Å². The summed E-state index contributed by atoms with van der Waals surface area (Å²) in [7, 11) is 0. The third-order valence-electron chi connectivity index (χ3n) is 4.75. The number of piperidine rings is 1. The molecule has 0 bridgehead atoms. The zero-order valence-electron chi connectivity index (χ0n) is 14.4. The van der Waals surface area contributed by atoms with Gasteiger partial charge in [-0.05, 0) is 50.3 Å². The van der Waals surface area contributed by atoms with Gasteiger partial charge in [0.15, 0.2) is 0 Å². The average Bonchev–Trinajstić information content (AvgIpc) is 3.37. The van der Waals surface area contributed by atoms with Crippen molar-refractivity contribution in [1.29, 1.82) is 0 Å². The monoisotopic (exact) mass is 329 g/mol. The van der Waals surface area contributed by atoms with Gasteiger partial charge in [-0.3, -0.25) is 9.59 Å². The second-order valence-electron chi connectivity index (χ2n) is 7.14. The van der Waals surface area contributed by atoms with Crippen LogP contribution in [-0.4, -0.2) is 42.4 Å². The molecule has 2 fully saturated rings. The Morgan fingerprint density at radius 1 is 1.21 bits per heavy atom. The molecule has 1 atom stereocenters. The molecule has 2 N–H and O–H groups in total. The van der Waals surface area contributed by atoms with E-state index in [9.17, 15) is 9.59 Å². The van der Waals surface area contributed by atoms with E-state index in [1.807, 2.05) is 12.1 Å². The molecule has 1 aliphatic heterocycles. The molecular formula is C19H27N3O2. The molecule has 2 amide bonds. The minimum atomic E-state index is -0.0988. The fraction of sp³-hybridized carbons (Fsp3) is 0.579. The molecule has 130 valence electrons. The summed E-state index contributed by atoms with van der Waals surface area (Å²) in [5, 5.41) is 5.88. The number of nitrogens with zero attached hydrogens (tertiary/aromatic N) is 1. The van der Waals surface area contributed by atoms with E-state index in [4.69, 9.17) is 0 Å². The molecule has 0 spiro atoms. The Kier molecular flexibility index (Phi) is 5.51. The van der Waals surface area contributed by atoms with Crippen molar-refractivity contribution in [2.24, 2.45) is 5.92 Å². The molecule has 3 rings (SSSR count). The van der Waals surface area contributed by atoms with Gasteiger partial charge in [0.05, 0.1) is 11.3 Å². The maximum Gasteiger partial charge on any atom is 0.253 e. The van der Waals surface area contributed by atoms with Crippen molar-refractivity contribution in [1.82, 2.24) is 10.2 Å². The van der Waals surface area contributed by atoms with Crippen molar-refractivity contribution in [3.63, 3.8) is 0 Å². The van der Waals surface area contributed by atoms with E-state index in [2.05, 4.69) is 22.5 Å². The molecule has 0 aromatic heterocycles. The standard InChI is InChI=1S/C19H27N3O2/c1-14-5-4-11-22(13-14)12-10-18(23)21-17-7-3-2-6-16(17)19(24)20-15-8-9-15/h2-3,6-7,14-15H,4-5,8-13H2,1H3,(H,20,24)(H,21,23).